The predicted molar refractivity (Wildman–Crippen MR) is 120 cm³/mol. The van der Waals surface area contributed by atoms with E-state index in [0.717, 1.165) is 35.9 Å². The normalized spacial score (nSPS) is 14.8. The molecule has 6 nitrogen and oxygen atoms in total. The fraction of sp³-hybridized carbons (Fsp3) is 0.318. The molecule has 0 saturated carbocycles. The van der Waals surface area contributed by atoms with Crippen LogP contribution in [-0.4, -0.2) is 51.7 Å². The van der Waals surface area contributed by atoms with Crippen LogP contribution in [0.1, 0.15) is 10.6 Å². The summed E-state index contributed by atoms with van der Waals surface area (Å²) in [5.74, 6) is -0.0609. The van der Waals surface area contributed by atoms with Crippen LogP contribution in [0.4, 0.5) is 0 Å². The first-order valence-electron chi connectivity index (χ1n) is 9.87. The summed E-state index contributed by atoms with van der Waals surface area (Å²) in [6.45, 7) is 5.61. The maximum absolute atomic E-state index is 12.6. The Morgan fingerprint density at radius 3 is 2.67 bits per heavy atom. The lowest BCUT2D eigenvalue weighted by atomic mass is 10.2. The molecule has 0 bridgehead atoms. The quantitative estimate of drug-likeness (QED) is 0.608. The van der Waals surface area contributed by atoms with Crippen molar-refractivity contribution in [3.8, 4) is 10.4 Å². The van der Waals surface area contributed by atoms with Crippen LogP contribution in [0.15, 0.2) is 53.3 Å². The molecule has 3 heterocycles. The average molecular weight is 443 g/mol. The van der Waals surface area contributed by atoms with E-state index in [1.165, 1.54) is 20.5 Å². The highest BCUT2D eigenvalue weighted by molar-refractivity contribution is 7.15. The Balaban J connectivity index is 1.31. The minimum Gasteiger partial charge on any atom is -0.339 e. The van der Waals surface area contributed by atoms with Crippen LogP contribution in [0, 0.1) is 6.92 Å². The van der Waals surface area contributed by atoms with Gasteiger partial charge in [-0.05, 0) is 42.8 Å². The molecular weight excluding hydrogens is 420 g/mol. The number of piperazine rings is 1. The number of aromatic nitrogens is 2. The minimum absolute atomic E-state index is 0.00552. The lowest BCUT2D eigenvalue weighted by molar-refractivity contribution is -0.133. The Bertz CT molecular complexity index is 1100. The molecule has 156 valence electrons. The summed E-state index contributed by atoms with van der Waals surface area (Å²) >= 11 is 7.88. The molecule has 1 aromatic carbocycles. The average Bonchev–Trinajstić information content (AvgIpc) is 3.20. The summed E-state index contributed by atoms with van der Waals surface area (Å²) in [7, 11) is 0. The number of hydrogen-bond donors (Lipinski definition) is 0. The highest BCUT2D eigenvalue weighted by atomic mass is 35.5. The van der Waals surface area contributed by atoms with E-state index in [0.29, 0.717) is 13.1 Å². The van der Waals surface area contributed by atoms with E-state index in [1.807, 2.05) is 30.0 Å². The molecule has 0 atom stereocenters. The van der Waals surface area contributed by atoms with Crippen molar-refractivity contribution in [3.05, 3.63) is 74.5 Å². The number of nitrogens with zero attached hydrogens (tertiary/aromatic N) is 4. The van der Waals surface area contributed by atoms with Crippen LogP contribution >= 0.6 is 22.9 Å². The molecule has 1 aliphatic rings. The molecule has 1 fully saturated rings. The Kier molecular flexibility index (Phi) is 6.32. The molecule has 1 amide bonds. The molecule has 0 radical (unpaired) electrons. The van der Waals surface area contributed by atoms with E-state index < -0.39 is 0 Å². The Morgan fingerprint density at radius 1 is 1.10 bits per heavy atom. The summed E-state index contributed by atoms with van der Waals surface area (Å²) in [6.07, 6.45) is 0. The Morgan fingerprint density at radius 2 is 1.90 bits per heavy atom. The summed E-state index contributed by atoms with van der Waals surface area (Å²) in [5.41, 5.74) is 1.61. The van der Waals surface area contributed by atoms with Crippen molar-refractivity contribution in [3.63, 3.8) is 0 Å². The third-order valence-corrected chi connectivity index (χ3v) is 6.51. The van der Waals surface area contributed by atoms with Crippen LogP contribution in [0.5, 0.6) is 0 Å². The number of carbonyl (C=O) groups is 1. The standard InChI is InChI=1S/C22H23ClN4O2S/c1-16-5-8-21(28)27(24-16)15-22(29)26-11-9-25(10-12-26)14-19-6-7-20(30-19)17-3-2-4-18(23)13-17/h2-8,13H,9-12,14-15H2,1H3. The summed E-state index contributed by atoms with van der Waals surface area (Å²) in [5, 5.41) is 4.89. The van der Waals surface area contributed by atoms with Gasteiger partial charge < -0.3 is 4.90 Å². The molecule has 0 aliphatic carbocycles. The van der Waals surface area contributed by atoms with Crippen molar-refractivity contribution in [2.75, 3.05) is 26.2 Å². The van der Waals surface area contributed by atoms with Crippen LogP contribution < -0.4 is 5.56 Å². The lowest BCUT2D eigenvalue weighted by Gasteiger charge is -2.34. The van der Waals surface area contributed by atoms with Gasteiger partial charge in [0.05, 0.1) is 5.69 Å². The van der Waals surface area contributed by atoms with Gasteiger partial charge in [-0.25, -0.2) is 4.68 Å². The van der Waals surface area contributed by atoms with Crippen molar-refractivity contribution >= 4 is 28.8 Å². The fourth-order valence-electron chi connectivity index (χ4n) is 3.53. The van der Waals surface area contributed by atoms with E-state index in [2.05, 4.69) is 28.2 Å². The van der Waals surface area contributed by atoms with Gasteiger partial charge >= 0.3 is 0 Å². The van der Waals surface area contributed by atoms with E-state index in [-0.39, 0.29) is 18.0 Å². The van der Waals surface area contributed by atoms with Gasteiger partial charge in [0.25, 0.3) is 5.56 Å². The number of carbonyl (C=O) groups excluding carboxylic acids is 1. The smallest absolute Gasteiger partial charge is 0.267 e. The van der Waals surface area contributed by atoms with Gasteiger partial charge in [0.2, 0.25) is 5.91 Å². The molecule has 2 aromatic heterocycles. The number of amides is 1. The van der Waals surface area contributed by atoms with Crippen molar-refractivity contribution in [1.29, 1.82) is 0 Å². The molecule has 0 spiro atoms. The second kappa shape index (κ2) is 9.12. The molecular formula is C22H23ClN4O2S. The number of thiophene rings is 1. The maximum atomic E-state index is 12.6. The molecule has 1 saturated heterocycles. The lowest BCUT2D eigenvalue weighted by Crippen LogP contribution is -2.49. The van der Waals surface area contributed by atoms with Crippen molar-refractivity contribution in [2.45, 2.75) is 20.0 Å². The second-order valence-corrected chi connectivity index (χ2v) is 9.01. The summed E-state index contributed by atoms with van der Waals surface area (Å²) in [6, 6.07) is 15.3. The van der Waals surface area contributed by atoms with Gasteiger partial charge in [-0.1, -0.05) is 23.7 Å². The first-order valence-corrected chi connectivity index (χ1v) is 11.1. The molecule has 4 rings (SSSR count). The number of halogens is 1. The topological polar surface area (TPSA) is 58.4 Å². The number of hydrogen-bond acceptors (Lipinski definition) is 5. The second-order valence-electron chi connectivity index (χ2n) is 7.40. The monoisotopic (exact) mass is 442 g/mol. The number of benzene rings is 1. The van der Waals surface area contributed by atoms with Gasteiger partial charge in [-0.2, -0.15) is 5.10 Å². The minimum atomic E-state index is -0.249. The predicted octanol–water partition coefficient (Wildman–Crippen LogP) is 3.28. The molecule has 1 aliphatic heterocycles. The van der Waals surface area contributed by atoms with Crippen LogP contribution in [0.2, 0.25) is 5.02 Å². The zero-order chi connectivity index (χ0) is 21.1. The van der Waals surface area contributed by atoms with E-state index in [1.54, 1.807) is 17.4 Å². The van der Waals surface area contributed by atoms with Gasteiger partial charge in [0, 0.05) is 53.6 Å². The van der Waals surface area contributed by atoms with E-state index >= 15 is 0 Å². The zero-order valence-corrected chi connectivity index (χ0v) is 18.3. The van der Waals surface area contributed by atoms with Crippen LogP contribution in [0.25, 0.3) is 10.4 Å². The molecule has 30 heavy (non-hydrogen) atoms. The van der Waals surface area contributed by atoms with E-state index in [9.17, 15) is 9.59 Å². The maximum Gasteiger partial charge on any atom is 0.267 e. The van der Waals surface area contributed by atoms with Gasteiger partial charge in [0.1, 0.15) is 6.54 Å². The van der Waals surface area contributed by atoms with Gasteiger partial charge in [-0.3, -0.25) is 14.5 Å². The third-order valence-electron chi connectivity index (χ3n) is 5.16. The van der Waals surface area contributed by atoms with Crippen molar-refractivity contribution in [1.82, 2.24) is 19.6 Å². The van der Waals surface area contributed by atoms with E-state index in [4.69, 9.17) is 11.6 Å². The highest BCUT2D eigenvalue weighted by Gasteiger charge is 2.22. The SMILES string of the molecule is Cc1ccc(=O)n(CC(=O)N2CCN(Cc3ccc(-c4cccc(Cl)c4)s3)CC2)n1. The summed E-state index contributed by atoms with van der Waals surface area (Å²) < 4.78 is 1.24. The molecule has 3 aromatic rings. The van der Waals surface area contributed by atoms with Crippen molar-refractivity contribution in [2.24, 2.45) is 0 Å². The van der Waals surface area contributed by atoms with Crippen LogP contribution in [0.3, 0.4) is 0 Å². The zero-order valence-electron chi connectivity index (χ0n) is 16.8. The fourth-order valence-corrected chi connectivity index (χ4v) is 4.76. The molecule has 8 heteroatoms. The Hall–Kier alpha value is -2.48. The number of rotatable bonds is 5. The van der Waals surface area contributed by atoms with Gasteiger partial charge in [-0.15, -0.1) is 11.3 Å². The number of aryl methyl sites for hydroxylation is 1. The molecule has 0 unspecified atom stereocenters. The van der Waals surface area contributed by atoms with Gasteiger partial charge in [0.15, 0.2) is 0 Å². The van der Waals surface area contributed by atoms with Crippen molar-refractivity contribution < 1.29 is 4.79 Å². The molecule has 0 N–H and O–H groups in total. The first-order chi connectivity index (χ1) is 14.5. The summed E-state index contributed by atoms with van der Waals surface area (Å²) in [4.78, 5) is 31.1. The first kappa shape index (κ1) is 20.8. The van der Waals surface area contributed by atoms with Crippen LogP contribution in [-0.2, 0) is 17.9 Å². The Labute approximate surface area is 184 Å². The third kappa shape index (κ3) is 4.98. The highest BCUT2D eigenvalue weighted by Crippen LogP contribution is 2.30. The largest absolute Gasteiger partial charge is 0.339 e.